The Morgan fingerprint density at radius 1 is 1.45 bits per heavy atom. The smallest absolute Gasteiger partial charge is 0.238 e. The summed E-state index contributed by atoms with van der Waals surface area (Å²) in [4.78, 5) is 15.1. The second kappa shape index (κ2) is 6.88. The van der Waals surface area contributed by atoms with Gasteiger partial charge in [-0.1, -0.05) is 6.07 Å². The molecule has 3 N–H and O–H groups in total. The van der Waals surface area contributed by atoms with Crippen LogP contribution in [0.5, 0.6) is 0 Å². The van der Waals surface area contributed by atoms with E-state index in [2.05, 4.69) is 27.3 Å². The van der Waals surface area contributed by atoms with E-state index < -0.39 is 0 Å². The molecule has 20 heavy (non-hydrogen) atoms. The Morgan fingerprint density at radius 3 is 2.90 bits per heavy atom. The molecule has 0 unspecified atom stereocenters. The topological polar surface area (TPSA) is 58.4 Å². The van der Waals surface area contributed by atoms with Crippen LogP contribution in [0.1, 0.15) is 4.88 Å². The average Bonchev–Trinajstić information content (AvgIpc) is 2.74. The molecule has 106 valence electrons. The van der Waals surface area contributed by atoms with Crippen LogP contribution < -0.4 is 11.1 Å². The van der Waals surface area contributed by atoms with Crippen LogP contribution in [-0.4, -0.2) is 24.4 Å². The largest absolute Gasteiger partial charge is 0.399 e. The lowest BCUT2D eigenvalue weighted by Crippen LogP contribution is -2.29. The van der Waals surface area contributed by atoms with Crippen LogP contribution in [0, 0.1) is 0 Å². The van der Waals surface area contributed by atoms with Crippen molar-refractivity contribution in [1.29, 1.82) is 0 Å². The maximum Gasteiger partial charge on any atom is 0.238 e. The van der Waals surface area contributed by atoms with Gasteiger partial charge in [-0.15, -0.1) is 11.3 Å². The Labute approximate surface area is 130 Å². The molecule has 1 amide bonds. The second-order valence-corrected chi connectivity index (χ2v) is 6.49. The molecule has 0 radical (unpaired) electrons. The van der Waals surface area contributed by atoms with Crippen LogP contribution in [0.3, 0.4) is 0 Å². The van der Waals surface area contributed by atoms with Gasteiger partial charge in [0.05, 0.1) is 6.54 Å². The van der Waals surface area contributed by atoms with Gasteiger partial charge in [-0.25, -0.2) is 0 Å². The third-order valence-electron chi connectivity index (χ3n) is 2.63. The van der Waals surface area contributed by atoms with E-state index in [9.17, 15) is 4.79 Å². The molecule has 4 nitrogen and oxygen atoms in total. The number of benzene rings is 1. The van der Waals surface area contributed by atoms with Gasteiger partial charge in [0, 0.05) is 32.6 Å². The summed E-state index contributed by atoms with van der Waals surface area (Å²) in [5, 5.41) is 4.88. The monoisotopic (exact) mass is 353 g/mol. The second-order valence-electron chi connectivity index (χ2n) is 4.58. The number of thiophene rings is 1. The van der Waals surface area contributed by atoms with Gasteiger partial charge in [0.25, 0.3) is 0 Å². The van der Waals surface area contributed by atoms with E-state index in [1.807, 2.05) is 29.5 Å². The summed E-state index contributed by atoms with van der Waals surface area (Å²) in [6.45, 7) is 1.09. The Kier molecular flexibility index (Phi) is 5.17. The van der Waals surface area contributed by atoms with Crippen LogP contribution in [0.4, 0.5) is 11.4 Å². The van der Waals surface area contributed by atoms with Crippen molar-refractivity contribution in [3.8, 4) is 0 Å². The number of amides is 1. The van der Waals surface area contributed by atoms with Gasteiger partial charge >= 0.3 is 0 Å². The van der Waals surface area contributed by atoms with Gasteiger partial charge in [0.1, 0.15) is 0 Å². The molecule has 0 aliphatic heterocycles. The zero-order chi connectivity index (χ0) is 14.5. The van der Waals surface area contributed by atoms with Crippen molar-refractivity contribution < 1.29 is 4.79 Å². The molecule has 1 aromatic carbocycles. The van der Waals surface area contributed by atoms with Gasteiger partial charge in [0.15, 0.2) is 0 Å². The maximum atomic E-state index is 11.9. The third-order valence-corrected chi connectivity index (χ3v) is 4.31. The number of likely N-dealkylation sites (N-methyl/N-ethyl adjacent to an activating group) is 1. The first-order valence-electron chi connectivity index (χ1n) is 6.10. The number of nitrogens with two attached hydrogens (primary N) is 1. The molecule has 1 heterocycles. The highest BCUT2D eigenvalue weighted by Crippen LogP contribution is 2.20. The minimum atomic E-state index is -0.0475. The zero-order valence-corrected chi connectivity index (χ0v) is 13.5. The molecule has 0 saturated carbocycles. The number of hydrogen-bond acceptors (Lipinski definition) is 4. The molecule has 0 bridgehead atoms. The van der Waals surface area contributed by atoms with Crippen molar-refractivity contribution in [2.45, 2.75) is 6.54 Å². The molecule has 6 heteroatoms. The standard InChI is InChI=1S/C14H16BrN3OS/c1-18(7-13-5-10(15)9-20-13)8-14(19)17-12-4-2-3-11(16)6-12/h2-6,9H,7-8,16H2,1H3,(H,17,19). The van der Waals surface area contributed by atoms with Crippen LogP contribution in [0.15, 0.2) is 40.2 Å². The van der Waals surface area contributed by atoms with Crippen molar-refractivity contribution in [3.63, 3.8) is 0 Å². The van der Waals surface area contributed by atoms with Crippen molar-refractivity contribution in [2.75, 3.05) is 24.6 Å². The third kappa shape index (κ3) is 4.63. The van der Waals surface area contributed by atoms with Crippen LogP contribution in [0.25, 0.3) is 0 Å². The normalized spacial score (nSPS) is 10.8. The summed E-state index contributed by atoms with van der Waals surface area (Å²) >= 11 is 5.10. The average molecular weight is 354 g/mol. The number of carbonyl (C=O) groups excluding carboxylic acids is 1. The molecule has 0 fully saturated rings. The molecule has 1 aromatic heterocycles. The van der Waals surface area contributed by atoms with Crippen LogP contribution >= 0.6 is 27.3 Å². The number of nitrogens with zero attached hydrogens (tertiary/aromatic N) is 1. The quantitative estimate of drug-likeness (QED) is 0.811. The van der Waals surface area contributed by atoms with Gasteiger partial charge < -0.3 is 11.1 Å². The number of rotatable bonds is 5. The first-order chi connectivity index (χ1) is 9.52. The highest BCUT2D eigenvalue weighted by atomic mass is 79.9. The SMILES string of the molecule is CN(CC(=O)Nc1cccc(N)c1)Cc1cc(Br)cs1. The molecule has 0 saturated heterocycles. The van der Waals surface area contributed by atoms with E-state index in [1.165, 1.54) is 4.88 Å². The fraction of sp³-hybridized carbons (Fsp3) is 0.214. The first-order valence-corrected chi connectivity index (χ1v) is 7.77. The van der Waals surface area contributed by atoms with Crippen molar-refractivity contribution in [1.82, 2.24) is 4.90 Å². The Morgan fingerprint density at radius 2 is 2.25 bits per heavy atom. The lowest BCUT2D eigenvalue weighted by atomic mass is 10.3. The highest BCUT2D eigenvalue weighted by Gasteiger charge is 2.08. The van der Waals surface area contributed by atoms with Gasteiger partial charge in [0.2, 0.25) is 5.91 Å². The fourth-order valence-corrected chi connectivity index (χ4v) is 3.35. The highest BCUT2D eigenvalue weighted by molar-refractivity contribution is 9.10. The fourth-order valence-electron chi connectivity index (χ4n) is 1.82. The summed E-state index contributed by atoms with van der Waals surface area (Å²) in [6, 6.07) is 9.24. The maximum absolute atomic E-state index is 11.9. The van der Waals surface area contributed by atoms with Gasteiger partial charge in [-0.05, 0) is 47.2 Å². The summed E-state index contributed by atoms with van der Waals surface area (Å²) in [5.74, 6) is -0.0475. The van der Waals surface area contributed by atoms with Crippen molar-refractivity contribution in [2.24, 2.45) is 0 Å². The molecular weight excluding hydrogens is 338 g/mol. The Bertz CT molecular complexity index is 600. The number of halogens is 1. The molecule has 0 spiro atoms. The first kappa shape index (κ1) is 15.0. The number of hydrogen-bond donors (Lipinski definition) is 2. The molecule has 2 aromatic rings. The molecule has 2 rings (SSSR count). The van der Waals surface area contributed by atoms with Gasteiger partial charge in [-0.3, -0.25) is 9.69 Å². The van der Waals surface area contributed by atoms with Gasteiger partial charge in [-0.2, -0.15) is 0 Å². The van der Waals surface area contributed by atoms with E-state index in [1.54, 1.807) is 23.5 Å². The Hall–Kier alpha value is -1.37. The Balaban J connectivity index is 1.84. The van der Waals surface area contributed by atoms with E-state index in [0.717, 1.165) is 16.7 Å². The molecule has 0 aliphatic rings. The predicted octanol–water partition coefficient (Wildman–Crippen LogP) is 3.16. The lowest BCUT2D eigenvalue weighted by molar-refractivity contribution is -0.117. The van der Waals surface area contributed by atoms with Crippen LogP contribution in [-0.2, 0) is 11.3 Å². The van der Waals surface area contributed by atoms with E-state index in [4.69, 9.17) is 5.73 Å². The molecule has 0 aliphatic carbocycles. The number of nitrogen functional groups attached to an aromatic ring is 1. The summed E-state index contributed by atoms with van der Waals surface area (Å²) in [5.41, 5.74) is 7.04. The minimum absolute atomic E-state index is 0.0475. The van der Waals surface area contributed by atoms with E-state index in [0.29, 0.717) is 12.2 Å². The van der Waals surface area contributed by atoms with Crippen molar-refractivity contribution in [3.05, 3.63) is 45.1 Å². The number of carbonyl (C=O) groups is 1. The summed E-state index contributed by atoms with van der Waals surface area (Å²) < 4.78 is 1.08. The van der Waals surface area contributed by atoms with Crippen molar-refractivity contribution >= 4 is 44.5 Å². The predicted molar refractivity (Wildman–Crippen MR) is 87.8 cm³/mol. The minimum Gasteiger partial charge on any atom is -0.399 e. The van der Waals surface area contributed by atoms with E-state index >= 15 is 0 Å². The summed E-state index contributed by atoms with van der Waals surface area (Å²) in [7, 11) is 1.92. The van der Waals surface area contributed by atoms with Crippen LogP contribution in [0.2, 0.25) is 0 Å². The number of nitrogens with one attached hydrogen (secondary N) is 1. The van der Waals surface area contributed by atoms with E-state index in [-0.39, 0.29) is 5.91 Å². The molecule has 0 atom stereocenters. The lowest BCUT2D eigenvalue weighted by Gasteiger charge is -2.15. The zero-order valence-electron chi connectivity index (χ0n) is 11.1. The molecular formula is C14H16BrN3OS. The number of anilines is 2. The summed E-state index contributed by atoms with van der Waals surface area (Å²) in [6.07, 6.45) is 0.